The van der Waals surface area contributed by atoms with Crippen molar-refractivity contribution in [2.45, 2.75) is 18.9 Å². The van der Waals surface area contributed by atoms with Crippen LogP contribution in [0.15, 0.2) is 54.7 Å². The zero-order chi connectivity index (χ0) is 24.2. The molecule has 9 heteroatoms. The lowest BCUT2D eigenvalue weighted by molar-refractivity contribution is 0.0523. The maximum absolute atomic E-state index is 13.6. The summed E-state index contributed by atoms with van der Waals surface area (Å²) in [4.78, 5) is 26.0. The Kier molecular flexibility index (Phi) is 6.85. The predicted octanol–water partition coefficient (Wildman–Crippen LogP) is 4.10. The van der Waals surface area contributed by atoms with Gasteiger partial charge in [-0.15, -0.1) is 0 Å². The Labute approximate surface area is 202 Å². The lowest BCUT2D eigenvalue weighted by Crippen LogP contribution is -2.52. The van der Waals surface area contributed by atoms with Crippen molar-refractivity contribution in [1.29, 1.82) is 0 Å². The highest BCUT2D eigenvalue weighted by Gasteiger charge is 2.25. The second-order valence-corrected chi connectivity index (χ2v) is 8.75. The van der Waals surface area contributed by atoms with Gasteiger partial charge in [-0.1, -0.05) is 0 Å². The molecule has 0 unspecified atom stereocenters. The quantitative estimate of drug-likeness (QED) is 0.610. The standard InChI is InChI=1S/C26H27F2N5O2/c27-20-5-1-18(2-6-20)24-25(19-3-7-21(28)8-4-19)31-23(17-29-24)32-11-9-22(10-12-32)30-26(34)33-13-15-35-16-14-33/h1-8,17,22H,9-16H2,(H,30,34). The Balaban J connectivity index is 1.33. The third-order valence-electron chi connectivity index (χ3n) is 6.44. The number of amides is 2. The van der Waals surface area contributed by atoms with Gasteiger partial charge in [-0.3, -0.25) is 4.98 Å². The maximum Gasteiger partial charge on any atom is 0.317 e. The molecule has 2 fully saturated rings. The van der Waals surface area contributed by atoms with Gasteiger partial charge in [0.1, 0.15) is 17.5 Å². The summed E-state index contributed by atoms with van der Waals surface area (Å²) in [5.41, 5.74) is 2.67. The lowest BCUT2D eigenvalue weighted by Gasteiger charge is -2.35. The van der Waals surface area contributed by atoms with Crippen molar-refractivity contribution in [2.75, 3.05) is 44.3 Å². The number of urea groups is 1. The van der Waals surface area contributed by atoms with Crippen LogP contribution in [0.3, 0.4) is 0 Å². The maximum atomic E-state index is 13.6. The highest BCUT2D eigenvalue weighted by Crippen LogP contribution is 2.31. The van der Waals surface area contributed by atoms with Crippen LogP contribution in [-0.2, 0) is 4.74 Å². The summed E-state index contributed by atoms with van der Waals surface area (Å²) in [6, 6.07) is 12.3. The number of aromatic nitrogens is 2. The molecule has 0 radical (unpaired) electrons. The molecule has 182 valence electrons. The molecular formula is C26H27F2N5O2. The highest BCUT2D eigenvalue weighted by molar-refractivity contribution is 5.79. The average Bonchev–Trinajstić information content (AvgIpc) is 2.90. The van der Waals surface area contributed by atoms with Gasteiger partial charge in [-0.05, 0) is 61.4 Å². The topological polar surface area (TPSA) is 70.6 Å². The molecule has 7 nitrogen and oxygen atoms in total. The highest BCUT2D eigenvalue weighted by atomic mass is 19.1. The monoisotopic (exact) mass is 479 g/mol. The van der Waals surface area contributed by atoms with Crippen LogP contribution in [0.1, 0.15) is 12.8 Å². The minimum Gasteiger partial charge on any atom is -0.378 e. The molecule has 0 aliphatic carbocycles. The first-order chi connectivity index (χ1) is 17.1. The molecule has 5 rings (SSSR count). The van der Waals surface area contributed by atoms with E-state index in [2.05, 4.69) is 15.2 Å². The van der Waals surface area contributed by atoms with Gasteiger partial charge in [0.25, 0.3) is 0 Å². The molecule has 2 aliphatic rings. The number of nitrogens with zero attached hydrogens (tertiary/aromatic N) is 4. The number of benzene rings is 2. The van der Waals surface area contributed by atoms with Gasteiger partial charge in [0, 0.05) is 43.3 Å². The largest absolute Gasteiger partial charge is 0.378 e. The number of rotatable bonds is 4. The van der Waals surface area contributed by atoms with E-state index in [-0.39, 0.29) is 23.7 Å². The Bertz CT molecular complexity index is 1160. The van der Waals surface area contributed by atoms with Crippen LogP contribution >= 0.6 is 0 Å². The molecule has 3 aromatic rings. The Morgan fingerprint density at radius 2 is 1.43 bits per heavy atom. The average molecular weight is 480 g/mol. The van der Waals surface area contributed by atoms with Gasteiger partial charge in [0.15, 0.2) is 0 Å². The van der Waals surface area contributed by atoms with E-state index in [1.165, 1.54) is 24.3 Å². The van der Waals surface area contributed by atoms with Crippen molar-refractivity contribution in [3.05, 3.63) is 66.4 Å². The van der Waals surface area contributed by atoms with Crippen molar-refractivity contribution < 1.29 is 18.3 Å². The van der Waals surface area contributed by atoms with Gasteiger partial charge in [-0.2, -0.15) is 0 Å². The van der Waals surface area contributed by atoms with Crippen molar-refractivity contribution in [2.24, 2.45) is 0 Å². The summed E-state index contributed by atoms with van der Waals surface area (Å²) >= 11 is 0. The fraction of sp³-hybridized carbons (Fsp3) is 0.346. The van der Waals surface area contributed by atoms with E-state index in [0.29, 0.717) is 43.5 Å². The third-order valence-corrected chi connectivity index (χ3v) is 6.44. The van der Waals surface area contributed by atoms with Crippen LogP contribution in [-0.4, -0.2) is 66.3 Å². The molecule has 2 saturated heterocycles. The van der Waals surface area contributed by atoms with Gasteiger partial charge in [0.05, 0.1) is 30.8 Å². The van der Waals surface area contributed by atoms with Crippen LogP contribution in [0.4, 0.5) is 19.4 Å². The first-order valence-corrected chi connectivity index (χ1v) is 11.8. The molecule has 2 amide bonds. The van der Waals surface area contributed by atoms with E-state index in [1.807, 2.05) is 0 Å². The zero-order valence-electron chi connectivity index (χ0n) is 19.3. The molecule has 0 bridgehead atoms. The SMILES string of the molecule is O=C(NC1CCN(c2cnc(-c3ccc(F)cc3)c(-c3ccc(F)cc3)n2)CC1)N1CCOCC1. The first-order valence-electron chi connectivity index (χ1n) is 11.8. The number of carbonyl (C=O) groups excluding carboxylic acids is 1. The fourth-order valence-electron chi connectivity index (χ4n) is 4.45. The van der Waals surface area contributed by atoms with Gasteiger partial charge in [0.2, 0.25) is 0 Å². The molecular weight excluding hydrogens is 452 g/mol. The molecule has 2 aromatic carbocycles. The van der Waals surface area contributed by atoms with Gasteiger partial charge >= 0.3 is 6.03 Å². The fourth-order valence-corrected chi connectivity index (χ4v) is 4.45. The Morgan fingerprint density at radius 1 is 0.857 bits per heavy atom. The first kappa shape index (κ1) is 23.2. The molecule has 1 N–H and O–H groups in total. The second kappa shape index (κ2) is 10.4. The van der Waals surface area contributed by atoms with Crippen LogP contribution < -0.4 is 10.2 Å². The second-order valence-electron chi connectivity index (χ2n) is 8.75. The predicted molar refractivity (Wildman–Crippen MR) is 129 cm³/mol. The summed E-state index contributed by atoms with van der Waals surface area (Å²) in [6.45, 7) is 3.84. The number of nitrogens with one attached hydrogen (secondary N) is 1. The van der Waals surface area contributed by atoms with E-state index >= 15 is 0 Å². The molecule has 2 aliphatic heterocycles. The number of hydrogen-bond donors (Lipinski definition) is 1. The molecule has 0 atom stereocenters. The summed E-state index contributed by atoms with van der Waals surface area (Å²) < 4.78 is 32.4. The van der Waals surface area contributed by atoms with E-state index in [4.69, 9.17) is 9.72 Å². The van der Waals surface area contributed by atoms with Crippen molar-refractivity contribution in [3.63, 3.8) is 0 Å². The van der Waals surface area contributed by atoms with Gasteiger partial charge < -0.3 is 19.9 Å². The summed E-state index contributed by atoms with van der Waals surface area (Å²) in [7, 11) is 0. The van der Waals surface area contributed by atoms with E-state index in [9.17, 15) is 13.6 Å². The molecule has 1 aromatic heterocycles. The molecule has 0 saturated carbocycles. The zero-order valence-corrected chi connectivity index (χ0v) is 19.3. The number of piperidine rings is 1. The minimum atomic E-state index is -0.331. The number of morpholine rings is 1. The van der Waals surface area contributed by atoms with Crippen LogP contribution in [0.2, 0.25) is 0 Å². The van der Waals surface area contributed by atoms with Crippen molar-refractivity contribution in [1.82, 2.24) is 20.2 Å². The summed E-state index contributed by atoms with van der Waals surface area (Å²) in [5.74, 6) is 0.0563. The molecule has 0 spiro atoms. The van der Waals surface area contributed by atoms with Crippen LogP contribution in [0.5, 0.6) is 0 Å². The van der Waals surface area contributed by atoms with Crippen LogP contribution in [0.25, 0.3) is 22.5 Å². The normalized spacial score (nSPS) is 16.9. The summed E-state index contributed by atoms with van der Waals surface area (Å²) in [6.07, 6.45) is 3.31. The number of hydrogen-bond acceptors (Lipinski definition) is 5. The van der Waals surface area contributed by atoms with Crippen LogP contribution in [0, 0.1) is 11.6 Å². The molecule has 35 heavy (non-hydrogen) atoms. The number of anilines is 1. The number of halogens is 2. The minimum absolute atomic E-state index is 0.0335. The van der Waals surface area contributed by atoms with E-state index in [0.717, 1.165) is 37.1 Å². The van der Waals surface area contributed by atoms with Crippen molar-refractivity contribution >= 4 is 11.8 Å². The van der Waals surface area contributed by atoms with Crippen molar-refractivity contribution in [3.8, 4) is 22.5 Å². The van der Waals surface area contributed by atoms with Gasteiger partial charge in [-0.25, -0.2) is 18.6 Å². The third kappa shape index (κ3) is 5.40. The Morgan fingerprint density at radius 3 is 2.03 bits per heavy atom. The molecule has 3 heterocycles. The Hall–Kier alpha value is -3.59. The summed E-state index contributed by atoms with van der Waals surface area (Å²) in [5, 5.41) is 3.14. The lowest BCUT2D eigenvalue weighted by atomic mass is 10.0. The smallest absolute Gasteiger partial charge is 0.317 e. The van der Waals surface area contributed by atoms with E-state index < -0.39 is 0 Å². The number of carbonyl (C=O) groups is 1. The number of ether oxygens (including phenoxy) is 1. The van der Waals surface area contributed by atoms with E-state index in [1.54, 1.807) is 35.4 Å².